The number of sulfonamides is 1. The van der Waals surface area contributed by atoms with Crippen LogP contribution < -0.4 is 0 Å². The number of benzene rings is 2. The number of ether oxygens (including phenoxy) is 1. The largest absolute Gasteiger partial charge is 0.376 e. The summed E-state index contributed by atoms with van der Waals surface area (Å²) in [5, 5.41) is 9.44. The fraction of sp³-hybridized carbons (Fsp3) is 0.320. The highest BCUT2D eigenvalue weighted by Gasteiger charge is 2.27. The lowest BCUT2D eigenvalue weighted by Crippen LogP contribution is -2.50. The minimum atomic E-state index is -3.24. The summed E-state index contributed by atoms with van der Waals surface area (Å²) < 4.78 is 30.7. The zero-order valence-corrected chi connectivity index (χ0v) is 20.1. The Balaban J connectivity index is 1.32. The van der Waals surface area contributed by atoms with Crippen molar-refractivity contribution in [3.8, 4) is 11.3 Å². The Morgan fingerprint density at radius 2 is 1.80 bits per heavy atom. The van der Waals surface area contributed by atoms with E-state index >= 15 is 0 Å². The number of H-pyrrole nitrogens is 1. The molecule has 1 fully saturated rings. The van der Waals surface area contributed by atoms with Crippen LogP contribution in [0.5, 0.6) is 0 Å². The Bertz CT molecular complexity index is 1550. The van der Waals surface area contributed by atoms with E-state index in [1.165, 1.54) is 16.1 Å². The van der Waals surface area contributed by atoms with Crippen molar-refractivity contribution in [3.63, 3.8) is 0 Å². The minimum Gasteiger partial charge on any atom is -0.376 e. The quantitative estimate of drug-likeness (QED) is 0.472. The van der Waals surface area contributed by atoms with Crippen LogP contribution in [-0.2, 0) is 27.8 Å². The van der Waals surface area contributed by atoms with Crippen molar-refractivity contribution in [3.05, 3.63) is 59.3 Å². The number of aromatic nitrogens is 3. The van der Waals surface area contributed by atoms with Gasteiger partial charge < -0.3 is 9.64 Å². The topological polar surface area (TPSA) is 108 Å². The third-order valence-corrected chi connectivity index (χ3v) is 8.23. The van der Waals surface area contributed by atoms with E-state index in [-0.39, 0.29) is 5.91 Å². The van der Waals surface area contributed by atoms with Gasteiger partial charge in [0.1, 0.15) is 0 Å². The van der Waals surface area contributed by atoms with Crippen LogP contribution in [-0.4, -0.2) is 77.8 Å². The highest BCUT2D eigenvalue weighted by molar-refractivity contribution is 7.88. The van der Waals surface area contributed by atoms with Gasteiger partial charge in [0.05, 0.1) is 42.4 Å². The van der Waals surface area contributed by atoms with Crippen molar-refractivity contribution >= 4 is 37.7 Å². The number of amides is 1. The molecule has 0 saturated carbocycles. The monoisotopic (exact) mass is 491 g/mol. The molecule has 2 aliphatic heterocycles. The molecular formula is C25H25N5O4S. The third-order valence-electron chi connectivity index (χ3n) is 6.93. The number of aromatic amines is 1. The van der Waals surface area contributed by atoms with Gasteiger partial charge in [-0.2, -0.15) is 9.40 Å². The van der Waals surface area contributed by atoms with E-state index < -0.39 is 10.0 Å². The summed E-state index contributed by atoms with van der Waals surface area (Å²) in [7, 11) is -3.24. The molecule has 1 N–H and O–H groups in total. The van der Waals surface area contributed by atoms with E-state index in [1.807, 2.05) is 42.6 Å². The predicted molar refractivity (Wildman–Crippen MR) is 133 cm³/mol. The third kappa shape index (κ3) is 3.87. The molecule has 2 aliphatic rings. The number of nitrogens with one attached hydrogen (secondary N) is 1. The zero-order chi connectivity index (χ0) is 24.2. The van der Waals surface area contributed by atoms with Crippen LogP contribution >= 0.6 is 0 Å². The van der Waals surface area contributed by atoms with Gasteiger partial charge in [-0.3, -0.25) is 9.89 Å². The van der Waals surface area contributed by atoms with Crippen molar-refractivity contribution in [2.75, 3.05) is 39.0 Å². The van der Waals surface area contributed by atoms with Crippen LogP contribution in [0.3, 0.4) is 0 Å². The number of nitrogens with zero attached hydrogens (tertiary/aromatic N) is 4. The number of piperazine rings is 1. The summed E-state index contributed by atoms with van der Waals surface area (Å²) in [6.07, 6.45) is 3.86. The van der Waals surface area contributed by atoms with Crippen LogP contribution in [0.1, 0.15) is 21.5 Å². The van der Waals surface area contributed by atoms with E-state index in [2.05, 4.69) is 10.2 Å². The minimum absolute atomic E-state index is 0.0936. The smallest absolute Gasteiger partial charge is 0.253 e. The first-order valence-electron chi connectivity index (χ1n) is 11.6. The lowest BCUT2D eigenvalue weighted by Gasteiger charge is -2.33. The first-order valence-corrected chi connectivity index (χ1v) is 13.4. The number of rotatable bonds is 3. The Hall–Kier alpha value is -3.34. The van der Waals surface area contributed by atoms with E-state index in [4.69, 9.17) is 9.72 Å². The fourth-order valence-electron chi connectivity index (χ4n) is 5.09. The van der Waals surface area contributed by atoms with Gasteiger partial charge >= 0.3 is 0 Å². The summed E-state index contributed by atoms with van der Waals surface area (Å²) in [4.78, 5) is 19.7. The van der Waals surface area contributed by atoms with Crippen LogP contribution in [0.15, 0.2) is 42.6 Å². The highest BCUT2D eigenvalue weighted by atomic mass is 32.2. The van der Waals surface area contributed by atoms with E-state index in [0.29, 0.717) is 45.0 Å². The molecule has 0 bridgehead atoms. The fourth-order valence-corrected chi connectivity index (χ4v) is 5.92. The molecule has 35 heavy (non-hydrogen) atoms. The molecule has 1 amide bonds. The first kappa shape index (κ1) is 22.1. The van der Waals surface area contributed by atoms with Crippen molar-refractivity contribution in [1.29, 1.82) is 0 Å². The summed E-state index contributed by atoms with van der Waals surface area (Å²) >= 11 is 0. The molecule has 10 heteroatoms. The maximum Gasteiger partial charge on any atom is 0.253 e. The standard InChI is InChI=1S/C25H25N5O4S/c1-35(32,33)30-11-9-29(10-12-30)25(31)17-4-2-16(3-5-17)24-20-15-34-13-8-18(20)23-19-14-26-28-21(19)6-7-22(23)27-24/h2-7,14H,8-13,15H2,1H3,(H,26,28). The Labute approximate surface area is 202 Å². The SMILES string of the molecule is CS(=O)(=O)N1CCN(C(=O)c2ccc(-c3nc4ccc5[nH]ncc5c4c4c3COCC4)cc2)CC1. The number of hydrogen-bond donors (Lipinski definition) is 1. The predicted octanol–water partition coefficient (Wildman–Crippen LogP) is 2.57. The number of carbonyl (C=O) groups excluding carboxylic acids is 1. The normalized spacial score (nSPS) is 17.1. The summed E-state index contributed by atoms with van der Waals surface area (Å²) in [6, 6.07) is 11.5. The molecule has 1 saturated heterocycles. The van der Waals surface area contributed by atoms with Gasteiger partial charge in [-0.05, 0) is 36.2 Å². The molecule has 0 radical (unpaired) electrons. The molecule has 4 aromatic rings. The molecule has 0 spiro atoms. The van der Waals surface area contributed by atoms with Crippen LogP contribution in [0.4, 0.5) is 0 Å². The lowest BCUT2D eigenvalue weighted by molar-refractivity contribution is 0.0698. The molecule has 0 atom stereocenters. The van der Waals surface area contributed by atoms with Gasteiger partial charge in [0.2, 0.25) is 10.0 Å². The number of hydrogen-bond acceptors (Lipinski definition) is 6. The molecule has 0 unspecified atom stereocenters. The summed E-state index contributed by atoms with van der Waals surface area (Å²) in [5.41, 5.74) is 6.60. The van der Waals surface area contributed by atoms with Crippen molar-refractivity contribution in [1.82, 2.24) is 24.4 Å². The van der Waals surface area contributed by atoms with Gasteiger partial charge in [-0.1, -0.05) is 12.1 Å². The van der Waals surface area contributed by atoms with E-state index in [0.717, 1.165) is 45.0 Å². The van der Waals surface area contributed by atoms with Gasteiger partial charge in [0.15, 0.2) is 0 Å². The Kier molecular flexibility index (Phi) is 5.32. The molecule has 2 aromatic carbocycles. The molecule has 2 aromatic heterocycles. The van der Waals surface area contributed by atoms with E-state index in [9.17, 15) is 13.2 Å². The molecule has 4 heterocycles. The van der Waals surface area contributed by atoms with Gasteiger partial charge in [-0.25, -0.2) is 13.4 Å². The van der Waals surface area contributed by atoms with Crippen LogP contribution in [0, 0.1) is 0 Å². The Morgan fingerprint density at radius 1 is 1.03 bits per heavy atom. The second-order valence-electron chi connectivity index (χ2n) is 9.04. The second-order valence-corrected chi connectivity index (χ2v) is 11.0. The van der Waals surface area contributed by atoms with Crippen LogP contribution in [0.2, 0.25) is 0 Å². The van der Waals surface area contributed by atoms with Crippen molar-refractivity contribution in [2.24, 2.45) is 0 Å². The number of pyridine rings is 1. The molecule has 6 rings (SSSR count). The lowest BCUT2D eigenvalue weighted by atomic mass is 9.92. The zero-order valence-electron chi connectivity index (χ0n) is 19.3. The molecular weight excluding hydrogens is 466 g/mol. The molecule has 0 aliphatic carbocycles. The van der Waals surface area contributed by atoms with E-state index in [1.54, 1.807) is 4.90 Å². The number of fused-ring (bicyclic) bond motifs is 5. The Morgan fingerprint density at radius 3 is 2.54 bits per heavy atom. The van der Waals surface area contributed by atoms with Crippen molar-refractivity contribution < 1.29 is 17.9 Å². The maximum absolute atomic E-state index is 13.0. The van der Waals surface area contributed by atoms with Gasteiger partial charge in [0, 0.05) is 53.6 Å². The molecule has 180 valence electrons. The summed E-state index contributed by atoms with van der Waals surface area (Å²) in [5.74, 6) is -0.0936. The van der Waals surface area contributed by atoms with Crippen molar-refractivity contribution in [2.45, 2.75) is 13.0 Å². The average molecular weight is 492 g/mol. The molecule has 9 nitrogen and oxygen atoms in total. The van der Waals surface area contributed by atoms with Crippen LogP contribution in [0.25, 0.3) is 33.1 Å². The van der Waals surface area contributed by atoms with Gasteiger partial charge in [0.25, 0.3) is 5.91 Å². The first-order chi connectivity index (χ1) is 16.9. The van der Waals surface area contributed by atoms with Gasteiger partial charge in [-0.15, -0.1) is 0 Å². The second kappa shape index (κ2) is 8.40. The highest BCUT2D eigenvalue weighted by Crippen LogP contribution is 2.36. The maximum atomic E-state index is 13.0. The number of carbonyl (C=O) groups is 1. The summed E-state index contributed by atoms with van der Waals surface area (Å²) in [6.45, 7) is 2.56. The average Bonchev–Trinajstić information content (AvgIpc) is 3.36.